The lowest BCUT2D eigenvalue weighted by molar-refractivity contribution is -0.121. The van der Waals surface area contributed by atoms with E-state index in [-0.39, 0.29) is 11.9 Å². The molecule has 4 nitrogen and oxygen atoms in total. The molecule has 0 saturated carbocycles. The third kappa shape index (κ3) is 3.95. The second-order valence-corrected chi connectivity index (χ2v) is 4.23. The summed E-state index contributed by atoms with van der Waals surface area (Å²) < 4.78 is 10.4. The van der Waals surface area contributed by atoms with Crippen LogP contribution in [-0.4, -0.2) is 26.2 Å². The van der Waals surface area contributed by atoms with Crippen LogP contribution in [0.5, 0.6) is 11.5 Å². The summed E-state index contributed by atoms with van der Waals surface area (Å²) in [6, 6.07) is 5.64. The maximum absolute atomic E-state index is 11.8. The third-order valence-electron chi connectivity index (χ3n) is 2.86. The van der Waals surface area contributed by atoms with Crippen LogP contribution in [0.4, 0.5) is 0 Å². The number of hydrogen-bond acceptors (Lipinski definition) is 3. The lowest BCUT2D eigenvalue weighted by atomic mass is 10.1. The van der Waals surface area contributed by atoms with Crippen LogP contribution >= 0.6 is 0 Å². The molecule has 0 radical (unpaired) electrons. The molecule has 1 aromatic rings. The highest BCUT2D eigenvalue weighted by Crippen LogP contribution is 2.24. The fourth-order valence-electron chi connectivity index (χ4n) is 1.62. The summed E-state index contributed by atoms with van der Waals surface area (Å²) in [5, 5.41) is 2.93. The predicted molar refractivity (Wildman–Crippen MR) is 71.1 cm³/mol. The van der Waals surface area contributed by atoms with Gasteiger partial charge in [0.25, 0.3) is 0 Å². The minimum atomic E-state index is -0.00379. The highest BCUT2D eigenvalue weighted by atomic mass is 16.5. The maximum atomic E-state index is 11.8. The molecule has 0 aliphatic carbocycles. The van der Waals surface area contributed by atoms with E-state index in [4.69, 9.17) is 9.47 Å². The normalized spacial score (nSPS) is 11.8. The first-order valence-corrected chi connectivity index (χ1v) is 6.11. The Morgan fingerprint density at radius 2 is 2.06 bits per heavy atom. The Bertz CT molecular complexity index is 404. The van der Waals surface area contributed by atoms with E-state index in [1.807, 2.05) is 32.0 Å². The number of hydrogen-bond donors (Lipinski definition) is 1. The molecule has 0 saturated heterocycles. The molecule has 0 aliphatic rings. The van der Waals surface area contributed by atoms with E-state index in [2.05, 4.69) is 5.32 Å². The number of carbonyl (C=O) groups excluding carboxylic acids is 1. The number of benzene rings is 1. The number of rotatable bonds is 6. The number of amides is 1. The maximum Gasteiger partial charge on any atom is 0.224 e. The van der Waals surface area contributed by atoms with Crippen LogP contribution in [0, 0.1) is 0 Å². The van der Waals surface area contributed by atoms with Gasteiger partial charge in [0.15, 0.2) is 0 Å². The molecule has 0 fully saturated rings. The molecule has 0 bridgehead atoms. The fourth-order valence-corrected chi connectivity index (χ4v) is 1.62. The van der Waals surface area contributed by atoms with Crippen LogP contribution in [-0.2, 0) is 11.2 Å². The van der Waals surface area contributed by atoms with Crippen LogP contribution < -0.4 is 14.8 Å². The highest BCUT2D eigenvalue weighted by Gasteiger charge is 2.11. The molecule has 1 amide bonds. The summed E-state index contributed by atoms with van der Waals surface area (Å²) in [6.07, 6.45) is 1.21. The smallest absolute Gasteiger partial charge is 0.224 e. The van der Waals surface area contributed by atoms with E-state index in [1.54, 1.807) is 14.2 Å². The molecule has 0 aromatic heterocycles. The summed E-state index contributed by atoms with van der Waals surface area (Å²) in [5.74, 6) is 1.42. The molecule has 4 heteroatoms. The van der Waals surface area contributed by atoms with Gasteiger partial charge in [0.05, 0.1) is 20.6 Å². The summed E-state index contributed by atoms with van der Waals surface area (Å²) in [5.41, 5.74) is 0.831. The van der Waals surface area contributed by atoms with Crippen molar-refractivity contribution in [3.8, 4) is 11.5 Å². The second-order valence-electron chi connectivity index (χ2n) is 4.23. The van der Waals surface area contributed by atoms with Gasteiger partial charge >= 0.3 is 0 Å². The molecule has 0 aliphatic heterocycles. The van der Waals surface area contributed by atoms with E-state index >= 15 is 0 Å². The van der Waals surface area contributed by atoms with Crippen LogP contribution in [0.15, 0.2) is 18.2 Å². The average Bonchev–Trinajstić information content (AvgIpc) is 2.38. The van der Waals surface area contributed by atoms with Crippen LogP contribution in [0.1, 0.15) is 25.8 Å². The van der Waals surface area contributed by atoms with Crippen molar-refractivity contribution in [3.63, 3.8) is 0 Å². The SMILES string of the molecule is CCC(C)NC(=O)Cc1cc(OC)ccc1OC. The average molecular weight is 251 g/mol. The summed E-state index contributed by atoms with van der Waals surface area (Å²) >= 11 is 0. The Labute approximate surface area is 108 Å². The molecule has 1 unspecified atom stereocenters. The molecule has 1 N–H and O–H groups in total. The summed E-state index contributed by atoms with van der Waals surface area (Å²) in [4.78, 5) is 11.8. The van der Waals surface area contributed by atoms with Crippen LogP contribution in [0.2, 0.25) is 0 Å². The Balaban J connectivity index is 2.78. The van der Waals surface area contributed by atoms with E-state index in [0.717, 1.165) is 17.7 Å². The Morgan fingerprint density at radius 1 is 1.33 bits per heavy atom. The van der Waals surface area contributed by atoms with Gasteiger partial charge in [-0.25, -0.2) is 0 Å². The first-order chi connectivity index (χ1) is 8.60. The monoisotopic (exact) mass is 251 g/mol. The van der Waals surface area contributed by atoms with Gasteiger partial charge < -0.3 is 14.8 Å². The molecule has 18 heavy (non-hydrogen) atoms. The molecular weight excluding hydrogens is 230 g/mol. The largest absolute Gasteiger partial charge is 0.497 e. The number of nitrogens with one attached hydrogen (secondary N) is 1. The van der Waals surface area contributed by atoms with Crippen molar-refractivity contribution in [1.82, 2.24) is 5.32 Å². The zero-order valence-electron chi connectivity index (χ0n) is 11.4. The van der Waals surface area contributed by atoms with Crippen molar-refractivity contribution in [1.29, 1.82) is 0 Å². The summed E-state index contributed by atoms with van der Waals surface area (Å²) in [6.45, 7) is 4.03. The minimum absolute atomic E-state index is 0.00379. The van der Waals surface area contributed by atoms with Crippen molar-refractivity contribution in [3.05, 3.63) is 23.8 Å². The lowest BCUT2D eigenvalue weighted by Crippen LogP contribution is -2.33. The van der Waals surface area contributed by atoms with Crippen LogP contribution in [0.3, 0.4) is 0 Å². The van der Waals surface area contributed by atoms with Crippen molar-refractivity contribution >= 4 is 5.91 Å². The van der Waals surface area contributed by atoms with E-state index in [1.165, 1.54) is 0 Å². The van der Waals surface area contributed by atoms with Gasteiger partial charge in [0.2, 0.25) is 5.91 Å². The minimum Gasteiger partial charge on any atom is -0.497 e. The molecule has 0 heterocycles. The van der Waals surface area contributed by atoms with Gasteiger partial charge in [0, 0.05) is 11.6 Å². The lowest BCUT2D eigenvalue weighted by Gasteiger charge is -2.13. The van der Waals surface area contributed by atoms with E-state index < -0.39 is 0 Å². The van der Waals surface area contributed by atoms with Gasteiger partial charge in [-0.05, 0) is 31.5 Å². The Kier molecular flexibility index (Phi) is 5.49. The van der Waals surface area contributed by atoms with Crippen LogP contribution in [0.25, 0.3) is 0 Å². The van der Waals surface area contributed by atoms with Gasteiger partial charge in [-0.15, -0.1) is 0 Å². The topological polar surface area (TPSA) is 47.6 Å². The molecule has 0 spiro atoms. The van der Waals surface area contributed by atoms with Crippen molar-refractivity contribution in [2.75, 3.05) is 14.2 Å². The molecule has 1 rings (SSSR count). The first-order valence-electron chi connectivity index (χ1n) is 6.11. The van der Waals surface area contributed by atoms with Crippen molar-refractivity contribution < 1.29 is 14.3 Å². The predicted octanol–water partition coefficient (Wildman–Crippen LogP) is 2.16. The van der Waals surface area contributed by atoms with E-state index in [9.17, 15) is 4.79 Å². The first kappa shape index (κ1) is 14.4. The zero-order chi connectivity index (χ0) is 13.5. The molecular formula is C14H21NO3. The van der Waals surface area contributed by atoms with E-state index in [0.29, 0.717) is 12.2 Å². The Hall–Kier alpha value is -1.71. The number of methoxy groups -OCH3 is 2. The zero-order valence-corrected chi connectivity index (χ0v) is 11.4. The third-order valence-corrected chi connectivity index (χ3v) is 2.86. The van der Waals surface area contributed by atoms with Gasteiger partial charge in [-0.3, -0.25) is 4.79 Å². The van der Waals surface area contributed by atoms with Gasteiger partial charge in [-0.2, -0.15) is 0 Å². The highest BCUT2D eigenvalue weighted by molar-refractivity contribution is 5.79. The molecule has 1 aromatic carbocycles. The van der Waals surface area contributed by atoms with Crippen molar-refractivity contribution in [2.45, 2.75) is 32.7 Å². The number of ether oxygens (including phenoxy) is 2. The standard InChI is InChI=1S/C14H21NO3/c1-5-10(2)15-14(16)9-11-8-12(17-3)6-7-13(11)18-4/h6-8,10H,5,9H2,1-4H3,(H,15,16). The second kappa shape index (κ2) is 6.89. The van der Waals surface area contributed by atoms with Crippen molar-refractivity contribution in [2.24, 2.45) is 0 Å². The summed E-state index contributed by atoms with van der Waals surface area (Å²) in [7, 11) is 3.20. The van der Waals surface area contributed by atoms with Gasteiger partial charge in [-0.1, -0.05) is 6.92 Å². The molecule has 1 atom stereocenters. The van der Waals surface area contributed by atoms with Gasteiger partial charge in [0.1, 0.15) is 11.5 Å². The fraction of sp³-hybridized carbons (Fsp3) is 0.500. The molecule has 100 valence electrons. The quantitative estimate of drug-likeness (QED) is 0.842. The Morgan fingerprint density at radius 3 is 2.61 bits per heavy atom. The number of carbonyl (C=O) groups is 1.